The average molecular weight is 186 g/mol. The van der Waals surface area contributed by atoms with E-state index in [-0.39, 0.29) is 24.6 Å². The number of hydrogen-bond donors (Lipinski definition) is 2. The van der Waals surface area contributed by atoms with Crippen LogP contribution < -0.4 is 5.73 Å². The van der Waals surface area contributed by atoms with Gasteiger partial charge in [0.2, 0.25) is 5.91 Å². The van der Waals surface area contributed by atoms with Crippen LogP contribution in [0.15, 0.2) is 0 Å². The van der Waals surface area contributed by atoms with Crippen LogP contribution in [0, 0.1) is 0 Å². The van der Waals surface area contributed by atoms with Gasteiger partial charge in [-0.2, -0.15) is 0 Å². The van der Waals surface area contributed by atoms with Gasteiger partial charge in [-0.3, -0.25) is 9.69 Å². The van der Waals surface area contributed by atoms with Crippen molar-refractivity contribution in [3.63, 3.8) is 0 Å². The van der Waals surface area contributed by atoms with E-state index in [2.05, 4.69) is 0 Å². The molecule has 0 aromatic rings. The zero-order chi connectivity index (χ0) is 9.84. The van der Waals surface area contributed by atoms with Gasteiger partial charge >= 0.3 is 0 Å². The molecule has 1 fully saturated rings. The molecular formula is C9H18N2O2. The lowest BCUT2D eigenvalue weighted by atomic mass is 10.1. The molecular weight excluding hydrogens is 168 g/mol. The third-order valence-corrected chi connectivity index (χ3v) is 2.75. The maximum absolute atomic E-state index is 11.1. The SMILES string of the molecule is CCC(C(N)=O)N1CCCC1CO. The monoisotopic (exact) mass is 186 g/mol. The Labute approximate surface area is 78.7 Å². The van der Waals surface area contributed by atoms with Gasteiger partial charge in [0.05, 0.1) is 12.6 Å². The minimum Gasteiger partial charge on any atom is -0.395 e. The summed E-state index contributed by atoms with van der Waals surface area (Å²) < 4.78 is 0. The molecule has 76 valence electrons. The normalized spacial score (nSPS) is 26.2. The Hall–Kier alpha value is -0.610. The van der Waals surface area contributed by atoms with Crippen LogP contribution in [0.2, 0.25) is 0 Å². The number of nitrogens with zero attached hydrogens (tertiary/aromatic N) is 1. The number of carbonyl (C=O) groups is 1. The fourth-order valence-electron chi connectivity index (χ4n) is 2.06. The van der Waals surface area contributed by atoms with E-state index in [1.54, 1.807) is 0 Å². The predicted molar refractivity (Wildman–Crippen MR) is 50.1 cm³/mol. The lowest BCUT2D eigenvalue weighted by molar-refractivity contribution is -0.124. The molecule has 2 unspecified atom stereocenters. The molecule has 1 saturated heterocycles. The van der Waals surface area contributed by atoms with Crippen LogP contribution in [0.4, 0.5) is 0 Å². The van der Waals surface area contributed by atoms with E-state index in [1.165, 1.54) is 0 Å². The summed E-state index contributed by atoms with van der Waals surface area (Å²) in [6.45, 7) is 2.96. The minimum atomic E-state index is -0.275. The fourth-order valence-corrected chi connectivity index (χ4v) is 2.06. The number of likely N-dealkylation sites (tertiary alicyclic amines) is 1. The van der Waals surface area contributed by atoms with Crippen molar-refractivity contribution in [3.05, 3.63) is 0 Å². The number of aliphatic hydroxyl groups is 1. The van der Waals surface area contributed by atoms with E-state index in [4.69, 9.17) is 10.8 Å². The molecule has 0 saturated carbocycles. The van der Waals surface area contributed by atoms with E-state index >= 15 is 0 Å². The molecule has 3 N–H and O–H groups in total. The quantitative estimate of drug-likeness (QED) is 0.634. The Morgan fingerprint density at radius 3 is 2.92 bits per heavy atom. The molecule has 0 aromatic carbocycles. The Bertz CT molecular complexity index is 184. The summed E-state index contributed by atoms with van der Waals surface area (Å²) in [7, 11) is 0. The van der Waals surface area contributed by atoms with Gasteiger partial charge in [-0.05, 0) is 25.8 Å². The lowest BCUT2D eigenvalue weighted by Crippen LogP contribution is -2.47. The molecule has 4 nitrogen and oxygen atoms in total. The number of rotatable bonds is 4. The van der Waals surface area contributed by atoms with Crippen molar-refractivity contribution in [1.82, 2.24) is 4.90 Å². The second-order valence-electron chi connectivity index (χ2n) is 3.54. The summed E-state index contributed by atoms with van der Waals surface area (Å²) in [5, 5.41) is 9.07. The Morgan fingerprint density at radius 1 is 1.77 bits per heavy atom. The summed E-state index contributed by atoms with van der Waals surface area (Å²) in [6, 6.07) is -0.0582. The molecule has 0 aliphatic carbocycles. The number of hydrogen-bond acceptors (Lipinski definition) is 3. The molecule has 0 aromatic heterocycles. The molecule has 1 rings (SSSR count). The third kappa shape index (κ3) is 2.19. The van der Waals surface area contributed by atoms with Crippen LogP contribution in [0.3, 0.4) is 0 Å². The van der Waals surface area contributed by atoms with Crippen molar-refractivity contribution in [3.8, 4) is 0 Å². The third-order valence-electron chi connectivity index (χ3n) is 2.75. The van der Waals surface area contributed by atoms with E-state index < -0.39 is 0 Å². The molecule has 1 aliphatic rings. The Kier molecular flexibility index (Phi) is 3.69. The first-order chi connectivity index (χ1) is 6.20. The van der Waals surface area contributed by atoms with Crippen molar-refractivity contribution in [2.24, 2.45) is 5.73 Å². The second-order valence-corrected chi connectivity index (χ2v) is 3.54. The van der Waals surface area contributed by atoms with Gasteiger partial charge in [-0.15, -0.1) is 0 Å². The van der Waals surface area contributed by atoms with Crippen molar-refractivity contribution in [2.45, 2.75) is 38.3 Å². The minimum absolute atomic E-state index is 0.129. The highest BCUT2D eigenvalue weighted by atomic mass is 16.3. The molecule has 1 amide bonds. The van der Waals surface area contributed by atoms with Crippen LogP contribution >= 0.6 is 0 Å². The maximum atomic E-state index is 11.1. The van der Waals surface area contributed by atoms with Crippen molar-refractivity contribution >= 4 is 5.91 Å². The summed E-state index contributed by atoms with van der Waals surface area (Å²) >= 11 is 0. The maximum Gasteiger partial charge on any atom is 0.234 e. The van der Waals surface area contributed by atoms with Gasteiger partial charge < -0.3 is 10.8 Å². The average Bonchev–Trinajstić information content (AvgIpc) is 2.53. The number of primary amides is 1. The van der Waals surface area contributed by atoms with Crippen LogP contribution in [0.5, 0.6) is 0 Å². The van der Waals surface area contributed by atoms with E-state index in [0.717, 1.165) is 25.8 Å². The molecule has 0 radical (unpaired) electrons. The van der Waals surface area contributed by atoms with Crippen LogP contribution in [0.1, 0.15) is 26.2 Å². The molecule has 4 heteroatoms. The van der Waals surface area contributed by atoms with E-state index in [1.807, 2.05) is 11.8 Å². The van der Waals surface area contributed by atoms with Gasteiger partial charge in [0.1, 0.15) is 0 Å². The van der Waals surface area contributed by atoms with E-state index in [9.17, 15) is 4.79 Å². The second kappa shape index (κ2) is 4.58. The number of nitrogens with two attached hydrogens (primary N) is 1. The van der Waals surface area contributed by atoms with Gasteiger partial charge in [-0.1, -0.05) is 6.92 Å². The van der Waals surface area contributed by atoms with Gasteiger partial charge in [0, 0.05) is 6.04 Å². The molecule has 0 spiro atoms. The first-order valence-electron chi connectivity index (χ1n) is 4.86. The fraction of sp³-hybridized carbons (Fsp3) is 0.889. The van der Waals surface area contributed by atoms with Gasteiger partial charge in [-0.25, -0.2) is 0 Å². The molecule has 2 atom stereocenters. The van der Waals surface area contributed by atoms with Crippen molar-refractivity contribution in [1.29, 1.82) is 0 Å². The van der Waals surface area contributed by atoms with Gasteiger partial charge in [0.15, 0.2) is 0 Å². The summed E-state index contributed by atoms with van der Waals surface area (Å²) in [6.07, 6.45) is 2.75. The summed E-state index contributed by atoms with van der Waals surface area (Å²) in [5.41, 5.74) is 5.28. The topological polar surface area (TPSA) is 66.6 Å². The highest BCUT2D eigenvalue weighted by Crippen LogP contribution is 2.20. The summed E-state index contributed by atoms with van der Waals surface area (Å²) in [5.74, 6) is -0.275. The zero-order valence-electron chi connectivity index (χ0n) is 8.07. The highest BCUT2D eigenvalue weighted by molar-refractivity contribution is 5.79. The zero-order valence-corrected chi connectivity index (χ0v) is 8.07. The molecule has 13 heavy (non-hydrogen) atoms. The van der Waals surface area contributed by atoms with Crippen LogP contribution in [-0.4, -0.2) is 41.1 Å². The number of aliphatic hydroxyl groups excluding tert-OH is 1. The van der Waals surface area contributed by atoms with Crippen LogP contribution in [0.25, 0.3) is 0 Å². The molecule has 1 heterocycles. The van der Waals surface area contributed by atoms with E-state index in [0.29, 0.717) is 0 Å². The number of amides is 1. The first-order valence-corrected chi connectivity index (χ1v) is 4.86. The predicted octanol–water partition coefficient (Wildman–Crippen LogP) is -0.293. The Balaban J connectivity index is 2.61. The largest absolute Gasteiger partial charge is 0.395 e. The van der Waals surface area contributed by atoms with Crippen LogP contribution in [-0.2, 0) is 4.79 Å². The first kappa shape index (κ1) is 10.5. The smallest absolute Gasteiger partial charge is 0.234 e. The lowest BCUT2D eigenvalue weighted by Gasteiger charge is -2.29. The highest BCUT2D eigenvalue weighted by Gasteiger charge is 2.31. The Morgan fingerprint density at radius 2 is 2.46 bits per heavy atom. The standard InChI is InChI=1S/C9H18N2O2/c1-2-8(9(10)13)11-5-3-4-7(11)6-12/h7-8,12H,2-6H2,1H3,(H2,10,13). The van der Waals surface area contributed by atoms with Gasteiger partial charge in [0.25, 0.3) is 0 Å². The van der Waals surface area contributed by atoms with Crippen molar-refractivity contribution < 1.29 is 9.90 Å². The summed E-state index contributed by atoms with van der Waals surface area (Å²) in [4.78, 5) is 13.1. The molecule has 1 aliphatic heterocycles. The molecule has 0 bridgehead atoms. The van der Waals surface area contributed by atoms with Crippen molar-refractivity contribution in [2.75, 3.05) is 13.2 Å². The number of carbonyl (C=O) groups excluding carboxylic acids is 1.